The van der Waals surface area contributed by atoms with Crippen molar-refractivity contribution in [3.8, 4) is 0 Å². The van der Waals surface area contributed by atoms with Crippen LogP contribution in [0, 0.1) is 5.92 Å². The molecular weight excluding hydrogens is 264 g/mol. The molecule has 124 valence electrons. The molecule has 1 saturated carbocycles. The number of nitrogens with zero attached hydrogens (tertiary/aromatic N) is 1. The first-order chi connectivity index (χ1) is 10.00. The van der Waals surface area contributed by atoms with E-state index in [1.807, 2.05) is 6.92 Å². The van der Waals surface area contributed by atoms with E-state index in [-0.39, 0.29) is 12.0 Å². The molecule has 0 heterocycles. The number of rotatable bonds is 11. The van der Waals surface area contributed by atoms with Gasteiger partial charge in [-0.2, -0.15) is 0 Å². The van der Waals surface area contributed by atoms with Crippen LogP contribution in [-0.4, -0.2) is 48.7 Å². The third-order valence-electron chi connectivity index (χ3n) is 4.21. The van der Waals surface area contributed by atoms with Gasteiger partial charge >= 0.3 is 5.97 Å². The largest absolute Gasteiger partial charge is 0.465 e. The zero-order chi connectivity index (χ0) is 15.9. The number of hydrogen-bond donors (Lipinski definition) is 1. The van der Waals surface area contributed by atoms with Crippen LogP contribution in [0.15, 0.2) is 0 Å². The van der Waals surface area contributed by atoms with Crippen molar-refractivity contribution in [1.29, 1.82) is 0 Å². The van der Waals surface area contributed by atoms with Gasteiger partial charge in [-0.1, -0.05) is 20.3 Å². The molecule has 4 heteroatoms. The Morgan fingerprint density at radius 2 is 2.00 bits per heavy atom. The van der Waals surface area contributed by atoms with Crippen LogP contribution in [0.4, 0.5) is 0 Å². The second kappa shape index (κ2) is 8.74. The lowest BCUT2D eigenvalue weighted by molar-refractivity contribution is -0.153. The van der Waals surface area contributed by atoms with Gasteiger partial charge in [-0.25, -0.2) is 4.79 Å². The second-order valence-corrected chi connectivity index (χ2v) is 6.49. The van der Waals surface area contributed by atoms with Crippen molar-refractivity contribution in [1.82, 2.24) is 10.2 Å². The van der Waals surface area contributed by atoms with Gasteiger partial charge in [0.05, 0.1) is 6.61 Å². The molecule has 1 fully saturated rings. The van der Waals surface area contributed by atoms with Crippen LogP contribution in [-0.2, 0) is 9.53 Å². The summed E-state index contributed by atoms with van der Waals surface area (Å²) in [6.07, 6.45) is 4.62. The fourth-order valence-corrected chi connectivity index (χ4v) is 3.02. The highest BCUT2D eigenvalue weighted by molar-refractivity contribution is 5.82. The van der Waals surface area contributed by atoms with Crippen molar-refractivity contribution >= 4 is 5.97 Å². The predicted molar refractivity (Wildman–Crippen MR) is 87.4 cm³/mol. The van der Waals surface area contributed by atoms with E-state index >= 15 is 0 Å². The molecule has 0 amide bonds. The number of hydrogen-bond acceptors (Lipinski definition) is 4. The predicted octanol–water partition coefficient (Wildman–Crippen LogP) is 2.82. The molecule has 4 nitrogen and oxygen atoms in total. The fraction of sp³-hybridized carbons (Fsp3) is 0.941. The van der Waals surface area contributed by atoms with Crippen LogP contribution in [0.25, 0.3) is 0 Å². The summed E-state index contributed by atoms with van der Waals surface area (Å²) in [5, 5.41) is 3.56. The Hall–Kier alpha value is -0.610. The summed E-state index contributed by atoms with van der Waals surface area (Å²) in [7, 11) is 0. The Bertz CT molecular complexity index is 316. The highest BCUT2D eigenvalue weighted by Crippen LogP contribution is 2.41. The first kappa shape index (κ1) is 18.4. The smallest absolute Gasteiger partial charge is 0.327 e. The van der Waals surface area contributed by atoms with Gasteiger partial charge in [-0.05, 0) is 59.0 Å². The average molecular weight is 298 g/mol. The normalized spacial score (nSPS) is 18.0. The molecule has 0 aromatic carbocycles. The molecule has 0 aliphatic heterocycles. The standard InChI is InChI=1S/C17H34N2O2/c1-6-9-12-19(7-2)13-17(15-10-11-15,18-14(4)5)16(20)21-8-3/h14-15,18H,6-13H2,1-5H3. The lowest BCUT2D eigenvalue weighted by atomic mass is 9.91. The topological polar surface area (TPSA) is 41.6 Å². The fourth-order valence-electron chi connectivity index (χ4n) is 3.02. The van der Waals surface area contributed by atoms with Crippen molar-refractivity contribution in [2.24, 2.45) is 5.92 Å². The van der Waals surface area contributed by atoms with Gasteiger partial charge in [0.2, 0.25) is 0 Å². The summed E-state index contributed by atoms with van der Waals surface area (Å²) in [6.45, 7) is 13.7. The minimum atomic E-state index is -0.520. The SMILES string of the molecule is CCCCN(CC)CC(NC(C)C)(C(=O)OCC)C1CC1. The molecule has 0 radical (unpaired) electrons. The minimum Gasteiger partial charge on any atom is -0.465 e. The van der Waals surface area contributed by atoms with Crippen LogP contribution in [0.5, 0.6) is 0 Å². The molecule has 0 bridgehead atoms. The van der Waals surface area contributed by atoms with Crippen molar-refractivity contribution < 1.29 is 9.53 Å². The summed E-state index contributed by atoms with van der Waals surface area (Å²) in [4.78, 5) is 15.1. The molecule has 0 saturated heterocycles. The lowest BCUT2D eigenvalue weighted by Crippen LogP contribution is -2.63. The molecule has 1 aliphatic rings. The van der Waals surface area contributed by atoms with Crippen LogP contribution in [0.1, 0.15) is 60.3 Å². The van der Waals surface area contributed by atoms with E-state index in [9.17, 15) is 4.79 Å². The monoisotopic (exact) mass is 298 g/mol. The Morgan fingerprint density at radius 3 is 2.43 bits per heavy atom. The Morgan fingerprint density at radius 1 is 1.33 bits per heavy atom. The maximum atomic E-state index is 12.7. The Labute approximate surface area is 130 Å². The first-order valence-electron chi connectivity index (χ1n) is 8.67. The maximum absolute atomic E-state index is 12.7. The zero-order valence-electron chi connectivity index (χ0n) is 14.6. The van der Waals surface area contributed by atoms with Crippen LogP contribution in [0.2, 0.25) is 0 Å². The molecule has 0 aromatic rings. The number of unbranched alkanes of at least 4 members (excludes halogenated alkanes) is 1. The highest BCUT2D eigenvalue weighted by atomic mass is 16.5. The van der Waals surface area contributed by atoms with E-state index < -0.39 is 5.54 Å². The molecule has 0 aromatic heterocycles. The molecule has 1 atom stereocenters. The number of likely N-dealkylation sites (N-methyl/N-ethyl adjacent to an activating group) is 1. The number of ether oxygens (including phenoxy) is 1. The summed E-state index contributed by atoms with van der Waals surface area (Å²) in [6, 6.07) is 0.278. The summed E-state index contributed by atoms with van der Waals surface area (Å²) >= 11 is 0. The second-order valence-electron chi connectivity index (χ2n) is 6.49. The highest BCUT2D eigenvalue weighted by Gasteiger charge is 2.52. The van der Waals surface area contributed by atoms with E-state index in [0.29, 0.717) is 12.5 Å². The third-order valence-corrected chi connectivity index (χ3v) is 4.21. The minimum absolute atomic E-state index is 0.0591. The van der Waals surface area contributed by atoms with E-state index in [1.165, 1.54) is 12.8 Å². The first-order valence-corrected chi connectivity index (χ1v) is 8.67. The number of esters is 1. The van der Waals surface area contributed by atoms with Crippen LogP contribution >= 0.6 is 0 Å². The van der Waals surface area contributed by atoms with Gasteiger partial charge in [0.25, 0.3) is 0 Å². The van der Waals surface area contributed by atoms with E-state index in [2.05, 4.69) is 37.9 Å². The van der Waals surface area contributed by atoms with Crippen molar-refractivity contribution in [3.05, 3.63) is 0 Å². The van der Waals surface area contributed by atoms with Gasteiger partial charge in [0, 0.05) is 12.6 Å². The zero-order valence-corrected chi connectivity index (χ0v) is 14.6. The molecule has 1 N–H and O–H groups in total. The van der Waals surface area contributed by atoms with Crippen LogP contribution < -0.4 is 5.32 Å². The number of carbonyl (C=O) groups is 1. The molecule has 1 unspecified atom stereocenters. The van der Waals surface area contributed by atoms with Gasteiger partial charge in [-0.3, -0.25) is 5.32 Å². The number of carbonyl (C=O) groups excluding carboxylic acids is 1. The van der Waals surface area contributed by atoms with Crippen molar-refractivity contribution in [3.63, 3.8) is 0 Å². The molecular formula is C17H34N2O2. The third kappa shape index (κ3) is 5.26. The maximum Gasteiger partial charge on any atom is 0.327 e. The lowest BCUT2D eigenvalue weighted by Gasteiger charge is -2.38. The van der Waals surface area contributed by atoms with Crippen molar-refractivity contribution in [2.45, 2.75) is 71.9 Å². The van der Waals surface area contributed by atoms with Gasteiger partial charge in [0.15, 0.2) is 0 Å². The van der Waals surface area contributed by atoms with E-state index in [1.54, 1.807) is 0 Å². The van der Waals surface area contributed by atoms with Gasteiger partial charge < -0.3 is 9.64 Å². The summed E-state index contributed by atoms with van der Waals surface area (Å²) < 4.78 is 5.43. The average Bonchev–Trinajstić information content (AvgIpc) is 3.26. The van der Waals surface area contributed by atoms with Crippen molar-refractivity contribution in [2.75, 3.05) is 26.2 Å². The Balaban J connectivity index is 2.89. The van der Waals surface area contributed by atoms with E-state index in [4.69, 9.17) is 4.74 Å². The molecule has 1 rings (SSSR count). The van der Waals surface area contributed by atoms with Gasteiger partial charge in [-0.15, -0.1) is 0 Å². The molecule has 0 spiro atoms. The quantitative estimate of drug-likeness (QED) is 0.596. The van der Waals surface area contributed by atoms with Crippen LogP contribution in [0.3, 0.4) is 0 Å². The van der Waals surface area contributed by atoms with Gasteiger partial charge in [0.1, 0.15) is 5.54 Å². The van der Waals surface area contributed by atoms with E-state index in [0.717, 1.165) is 32.5 Å². The molecule has 1 aliphatic carbocycles. The summed E-state index contributed by atoms with van der Waals surface area (Å²) in [5.74, 6) is 0.366. The molecule has 21 heavy (non-hydrogen) atoms. The Kier molecular flexibility index (Phi) is 7.67. The number of nitrogens with one attached hydrogen (secondary N) is 1. The summed E-state index contributed by atoms with van der Waals surface area (Å²) in [5.41, 5.74) is -0.520.